The van der Waals surface area contributed by atoms with E-state index in [0.717, 1.165) is 28.9 Å². The number of aliphatic hydroxyl groups is 1. The van der Waals surface area contributed by atoms with Gasteiger partial charge in [0.05, 0.1) is 48.8 Å². The van der Waals surface area contributed by atoms with Crippen molar-refractivity contribution >= 4 is 63.8 Å². The minimum Gasteiger partial charge on any atom is -0.493 e. The number of carbonyl (C=O) groups is 6. The Labute approximate surface area is 435 Å². The van der Waals surface area contributed by atoms with Gasteiger partial charge in [0.1, 0.15) is 37.3 Å². The summed E-state index contributed by atoms with van der Waals surface area (Å²) in [5.74, 6) is -0.817. The van der Waals surface area contributed by atoms with Gasteiger partial charge in [-0.3, -0.25) is 24.0 Å². The van der Waals surface area contributed by atoms with Crippen LogP contribution >= 0.6 is 0 Å². The zero-order valence-corrected chi connectivity index (χ0v) is 42.9. The first-order valence-electron chi connectivity index (χ1n) is 25.3. The summed E-state index contributed by atoms with van der Waals surface area (Å²) in [5, 5.41) is 26.4. The topological polar surface area (TPSA) is 226 Å². The fraction of sp³-hybridized carbons (Fsp3) is 0.368. The molecule has 4 aliphatic heterocycles. The fourth-order valence-electron chi connectivity index (χ4n) is 10.2. The molecule has 0 radical (unpaired) electrons. The Kier molecular flexibility index (Phi) is 15.3. The van der Waals surface area contributed by atoms with Gasteiger partial charge in [-0.2, -0.15) is 0 Å². The van der Waals surface area contributed by atoms with Crippen LogP contribution in [0.4, 0.5) is 28.4 Å². The Hall–Kier alpha value is -8.12. The number of ether oxygens (including phenoxy) is 4. The van der Waals surface area contributed by atoms with Gasteiger partial charge in [0.2, 0.25) is 17.7 Å². The van der Waals surface area contributed by atoms with Crippen LogP contribution in [0.5, 0.6) is 23.0 Å². The second-order valence-corrected chi connectivity index (χ2v) is 19.8. The highest BCUT2D eigenvalue weighted by Crippen LogP contribution is 2.43. The number of carbonyl (C=O) groups excluding carboxylic acids is 6. The molecule has 18 nitrogen and oxygen atoms in total. The van der Waals surface area contributed by atoms with Gasteiger partial charge in [0, 0.05) is 48.6 Å². The molecule has 0 aliphatic carbocycles. The number of rotatable bonds is 19. The Morgan fingerprint density at radius 2 is 1.27 bits per heavy atom. The lowest BCUT2D eigenvalue weighted by atomic mass is 10.0. The van der Waals surface area contributed by atoms with Crippen molar-refractivity contribution in [1.29, 1.82) is 0 Å². The number of unbranched alkanes of at least 4 members (excludes halogenated alkanes) is 1. The monoisotopic (exact) mass is 1020 g/mol. The molecule has 0 fully saturated rings. The molecule has 1 unspecified atom stereocenters. The number of hydrogen-bond acceptors (Lipinski definition) is 13. The molecule has 0 saturated heterocycles. The van der Waals surface area contributed by atoms with E-state index in [0.29, 0.717) is 83.0 Å². The number of anilines is 5. The number of para-hydroxylation sites is 2. The van der Waals surface area contributed by atoms with Gasteiger partial charge in [0.15, 0.2) is 23.0 Å². The van der Waals surface area contributed by atoms with Crippen molar-refractivity contribution in [1.82, 2.24) is 10.6 Å². The Balaban J connectivity index is 0.954. The lowest BCUT2D eigenvalue weighted by Gasteiger charge is -2.26. The van der Waals surface area contributed by atoms with Crippen LogP contribution in [-0.4, -0.2) is 91.6 Å². The van der Waals surface area contributed by atoms with Crippen molar-refractivity contribution < 1.29 is 52.8 Å². The number of nitrogens with one attached hydrogen (secondary N) is 5. The first-order valence-corrected chi connectivity index (χ1v) is 25.3. The quantitative estimate of drug-likeness (QED) is 0.0463. The van der Waals surface area contributed by atoms with Crippen LogP contribution in [0.3, 0.4) is 0 Å². The third-order valence-electron chi connectivity index (χ3n) is 14.1. The van der Waals surface area contributed by atoms with E-state index in [9.17, 15) is 33.9 Å². The fourth-order valence-corrected chi connectivity index (χ4v) is 10.2. The summed E-state index contributed by atoms with van der Waals surface area (Å²) >= 11 is 0. The molecule has 0 spiro atoms. The van der Waals surface area contributed by atoms with E-state index in [1.807, 2.05) is 59.5 Å². The number of Topliss-reactive ketones (excluding diaryl/α,β-unsaturated/α-hetero) is 1. The van der Waals surface area contributed by atoms with Gasteiger partial charge >= 0.3 is 0 Å². The van der Waals surface area contributed by atoms with E-state index in [1.165, 1.54) is 21.1 Å². The van der Waals surface area contributed by atoms with Crippen LogP contribution < -0.4 is 55.3 Å². The van der Waals surface area contributed by atoms with Crippen molar-refractivity contribution in [3.8, 4) is 23.0 Å². The summed E-state index contributed by atoms with van der Waals surface area (Å²) in [7, 11) is 2.97. The average Bonchev–Trinajstić information content (AvgIpc) is 3.92. The molecular formula is C57H63N7O11. The molecule has 75 heavy (non-hydrogen) atoms. The molecule has 5 atom stereocenters. The molecule has 392 valence electrons. The Morgan fingerprint density at radius 3 is 1.89 bits per heavy atom. The predicted molar refractivity (Wildman–Crippen MR) is 283 cm³/mol. The lowest BCUT2D eigenvalue weighted by molar-refractivity contribution is -0.131. The molecule has 5 aromatic rings. The molecule has 5 aromatic carbocycles. The van der Waals surface area contributed by atoms with Crippen molar-refractivity contribution in [3.05, 3.63) is 124 Å². The number of nitrogens with zero attached hydrogens (tertiary/aromatic N) is 2. The van der Waals surface area contributed by atoms with Crippen LogP contribution in [0.2, 0.25) is 0 Å². The zero-order valence-electron chi connectivity index (χ0n) is 42.9. The maximum Gasteiger partial charge on any atom is 0.260 e. The van der Waals surface area contributed by atoms with Crippen molar-refractivity contribution in [2.24, 2.45) is 5.92 Å². The second-order valence-electron chi connectivity index (χ2n) is 19.8. The number of benzene rings is 5. The molecule has 5 amide bonds. The van der Waals surface area contributed by atoms with Gasteiger partial charge in [-0.15, -0.1) is 0 Å². The highest BCUT2D eigenvalue weighted by Gasteiger charge is 2.42. The maximum atomic E-state index is 14.2. The molecule has 9 rings (SSSR count). The Bertz CT molecular complexity index is 3050. The van der Waals surface area contributed by atoms with E-state index in [-0.39, 0.29) is 66.6 Å². The van der Waals surface area contributed by atoms with Crippen LogP contribution in [0.15, 0.2) is 91.0 Å². The zero-order chi connectivity index (χ0) is 53.1. The number of fused-ring (bicyclic) bond motifs is 8. The van der Waals surface area contributed by atoms with Crippen LogP contribution in [0, 0.1) is 5.92 Å². The molecule has 6 N–H and O–H groups in total. The van der Waals surface area contributed by atoms with E-state index >= 15 is 0 Å². The molecule has 4 heterocycles. The summed E-state index contributed by atoms with van der Waals surface area (Å²) < 4.78 is 24.4. The summed E-state index contributed by atoms with van der Waals surface area (Å²) in [4.78, 5) is 83.4. The average molecular weight is 1020 g/mol. The van der Waals surface area contributed by atoms with Crippen molar-refractivity contribution in [2.75, 3.05) is 46.5 Å². The summed E-state index contributed by atoms with van der Waals surface area (Å²) in [6.45, 7) is 7.08. The molecule has 0 aromatic heterocycles. The lowest BCUT2D eigenvalue weighted by Crippen LogP contribution is -2.53. The Morgan fingerprint density at radius 1 is 0.693 bits per heavy atom. The van der Waals surface area contributed by atoms with Crippen molar-refractivity contribution in [2.45, 2.75) is 110 Å². The van der Waals surface area contributed by atoms with Crippen molar-refractivity contribution in [3.63, 3.8) is 0 Å². The minimum absolute atomic E-state index is 0.0222. The van der Waals surface area contributed by atoms with E-state index < -0.39 is 36.2 Å². The summed E-state index contributed by atoms with van der Waals surface area (Å²) in [6.07, 6.45) is 1.71. The smallest absolute Gasteiger partial charge is 0.260 e. The SMILES string of the molecule is COc1cc2c(cc1OCc1cc(COc3cc4c(cc3OC)C(=O)N3c5ccccc5C[C@H]3C(O)N4)cc(NC(=O)[C@H](C)NC(=O)[C@@H](NC(=O)CCCCC(C)=O)C(C)C)c1)NC[C@@H]1Cc3ccccc3N1C2=O. The molecule has 0 saturated carbocycles. The first kappa shape index (κ1) is 51.8. The predicted octanol–water partition coefficient (Wildman–Crippen LogP) is 6.91. The third-order valence-corrected chi connectivity index (χ3v) is 14.1. The molecular weight excluding hydrogens is 959 g/mol. The van der Waals surface area contributed by atoms with E-state index in [2.05, 4.69) is 26.6 Å². The summed E-state index contributed by atoms with van der Waals surface area (Å²) in [6, 6.07) is 24.9. The normalized spacial score (nSPS) is 17.7. The van der Waals surface area contributed by atoms with Gasteiger partial charge in [-0.05, 0) is 110 Å². The number of methoxy groups -OCH3 is 2. The molecule has 4 aliphatic rings. The summed E-state index contributed by atoms with van der Waals surface area (Å²) in [5.41, 5.74) is 6.96. The number of ketones is 1. The number of hydrogen-bond donors (Lipinski definition) is 6. The maximum absolute atomic E-state index is 14.2. The van der Waals surface area contributed by atoms with Gasteiger partial charge in [-0.1, -0.05) is 50.2 Å². The van der Waals surface area contributed by atoms with E-state index in [4.69, 9.17) is 18.9 Å². The molecule has 18 heteroatoms. The standard InChI is InChI=1S/C57H63N7O11/c1-31(2)52(62-51(66)18-12-7-13-32(3)65)55(69)59-33(4)53(67)60-38-20-34(29-74-49-26-42-40(24-47(49)72-5)56(70)63-39(28-58-42)22-36-14-8-10-16-44(36)63)19-35(21-38)30-75-50-27-43-41(25-48(50)73-6)57(71)64-45-17-11-9-15-37(45)23-46(64)54(68)61-43/h8-11,14-17,19-21,24-27,31,33,39,46,52,54,58,61,68H,7,12-13,18,22-23,28-30H2,1-6H3,(H,59,69)(H,60,67)(H,62,66)/t33-,39-,46-,52-,54?/m0/s1. The molecule has 0 bridgehead atoms. The van der Waals surface area contributed by atoms with E-state index in [1.54, 1.807) is 62.1 Å². The van der Waals surface area contributed by atoms with Crippen LogP contribution in [0.25, 0.3) is 0 Å². The number of amides is 5. The largest absolute Gasteiger partial charge is 0.493 e. The van der Waals surface area contributed by atoms with Gasteiger partial charge in [-0.25, -0.2) is 0 Å². The first-order chi connectivity index (χ1) is 36.1. The second kappa shape index (κ2) is 22.2. The van der Waals surface area contributed by atoms with Crippen LogP contribution in [0.1, 0.15) is 96.3 Å². The van der Waals surface area contributed by atoms with Gasteiger partial charge < -0.3 is 65.2 Å². The van der Waals surface area contributed by atoms with Gasteiger partial charge in [0.25, 0.3) is 11.8 Å². The highest BCUT2D eigenvalue weighted by molar-refractivity contribution is 6.13. The van der Waals surface area contributed by atoms with Crippen LogP contribution in [-0.2, 0) is 45.2 Å². The highest BCUT2D eigenvalue weighted by atomic mass is 16.5. The number of aliphatic hydroxyl groups excluding tert-OH is 1. The minimum atomic E-state index is -1.09. The third kappa shape index (κ3) is 11.1.